The Labute approximate surface area is 114 Å². The van der Waals surface area contributed by atoms with Crippen LogP contribution in [0.4, 0.5) is 5.69 Å². The average Bonchev–Trinajstić information content (AvgIpc) is 2.44. The van der Waals surface area contributed by atoms with Crippen LogP contribution in [0, 0.1) is 10.1 Å². The summed E-state index contributed by atoms with van der Waals surface area (Å²) in [7, 11) is 0. The molecule has 0 N–H and O–H groups in total. The van der Waals surface area contributed by atoms with E-state index in [1.165, 1.54) is 24.3 Å². The standard InChI is InChI=1S/C13H11NO6/c1-2-7-20-13(17)12(16)8-11(15)9-5-3-4-6-10(9)14(18)19/h2-6H,1,7-8H2. The van der Waals surface area contributed by atoms with Gasteiger partial charge in [0.05, 0.1) is 16.9 Å². The lowest BCUT2D eigenvalue weighted by Crippen LogP contribution is -2.21. The van der Waals surface area contributed by atoms with Crippen LogP contribution in [0.3, 0.4) is 0 Å². The molecule has 0 aliphatic carbocycles. The van der Waals surface area contributed by atoms with Gasteiger partial charge in [-0.1, -0.05) is 24.8 Å². The lowest BCUT2D eigenvalue weighted by molar-refractivity contribution is -0.385. The molecule has 0 radical (unpaired) electrons. The fraction of sp³-hybridized carbons (Fsp3) is 0.154. The zero-order valence-corrected chi connectivity index (χ0v) is 10.4. The number of ketones is 2. The number of benzene rings is 1. The smallest absolute Gasteiger partial charge is 0.375 e. The van der Waals surface area contributed by atoms with Crippen LogP contribution in [0.15, 0.2) is 36.9 Å². The third-order valence-corrected chi connectivity index (χ3v) is 2.28. The summed E-state index contributed by atoms with van der Waals surface area (Å²) in [6.45, 7) is 3.15. The van der Waals surface area contributed by atoms with Gasteiger partial charge in [0, 0.05) is 6.07 Å². The molecule has 20 heavy (non-hydrogen) atoms. The highest BCUT2D eigenvalue weighted by Gasteiger charge is 2.24. The summed E-state index contributed by atoms with van der Waals surface area (Å²) in [4.78, 5) is 44.4. The number of Topliss-reactive ketones (excluding diaryl/α,β-unsaturated/α-hetero) is 2. The third kappa shape index (κ3) is 3.84. The topological polar surface area (TPSA) is 104 Å². The van der Waals surface area contributed by atoms with Crippen molar-refractivity contribution in [3.05, 3.63) is 52.6 Å². The highest BCUT2D eigenvalue weighted by atomic mass is 16.6. The van der Waals surface area contributed by atoms with Gasteiger partial charge < -0.3 is 4.74 Å². The molecule has 0 amide bonds. The maximum absolute atomic E-state index is 11.8. The second-order valence-electron chi connectivity index (χ2n) is 3.68. The number of nitro groups is 1. The number of nitro benzene ring substituents is 1. The Morgan fingerprint density at radius 2 is 1.95 bits per heavy atom. The summed E-state index contributed by atoms with van der Waals surface area (Å²) >= 11 is 0. The van der Waals surface area contributed by atoms with E-state index in [1.807, 2.05) is 0 Å². The first-order valence-electron chi connectivity index (χ1n) is 5.54. The zero-order valence-electron chi connectivity index (χ0n) is 10.4. The molecule has 0 aliphatic heterocycles. The number of hydrogen-bond acceptors (Lipinski definition) is 6. The summed E-state index contributed by atoms with van der Waals surface area (Å²) in [5, 5.41) is 10.8. The largest absolute Gasteiger partial charge is 0.456 e. The van der Waals surface area contributed by atoms with E-state index >= 15 is 0 Å². The van der Waals surface area contributed by atoms with Crippen molar-refractivity contribution in [1.82, 2.24) is 0 Å². The highest BCUT2D eigenvalue weighted by molar-refractivity contribution is 6.38. The first-order valence-corrected chi connectivity index (χ1v) is 5.54. The second kappa shape index (κ2) is 6.93. The van der Waals surface area contributed by atoms with E-state index in [2.05, 4.69) is 11.3 Å². The Bertz CT molecular complexity index is 578. The molecule has 7 nitrogen and oxygen atoms in total. The van der Waals surface area contributed by atoms with Gasteiger partial charge in [-0.05, 0) is 6.07 Å². The molecule has 0 fully saturated rings. The van der Waals surface area contributed by atoms with Crippen LogP contribution in [0.25, 0.3) is 0 Å². The molecule has 0 heterocycles. The fourth-order valence-corrected chi connectivity index (χ4v) is 1.40. The van der Waals surface area contributed by atoms with Gasteiger partial charge in [-0.2, -0.15) is 0 Å². The number of carbonyl (C=O) groups is 3. The van der Waals surface area contributed by atoms with Gasteiger partial charge in [0.25, 0.3) is 5.69 Å². The van der Waals surface area contributed by atoms with E-state index in [9.17, 15) is 24.5 Å². The Kier molecular flexibility index (Phi) is 5.28. The number of hydrogen-bond donors (Lipinski definition) is 0. The van der Waals surface area contributed by atoms with Crippen molar-refractivity contribution < 1.29 is 24.0 Å². The van der Waals surface area contributed by atoms with Crippen molar-refractivity contribution in [3.63, 3.8) is 0 Å². The Hall–Kier alpha value is -2.83. The second-order valence-corrected chi connectivity index (χ2v) is 3.68. The van der Waals surface area contributed by atoms with Crippen molar-refractivity contribution in [1.29, 1.82) is 0 Å². The molecular formula is C13H11NO6. The van der Waals surface area contributed by atoms with Crippen molar-refractivity contribution in [2.45, 2.75) is 6.42 Å². The number of rotatable bonds is 7. The van der Waals surface area contributed by atoms with Crippen LogP contribution in [-0.2, 0) is 14.3 Å². The minimum Gasteiger partial charge on any atom is -0.456 e. The molecule has 1 aromatic rings. The quantitative estimate of drug-likeness (QED) is 0.142. The molecule has 0 aliphatic rings. The van der Waals surface area contributed by atoms with Gasteiger partial charge in [-0.15, -0.1) is 0 Å². The third-order valence-electron chi connectivity index (χ3n) is 2.28. The first-order chi connectivity index (χ1) is 9.47. The summed E-state index contributed by atoms with van der Waals surface area (Å²) in [5.41, 5.74) is -0.632. The lowest BCUT2D eigenvalue weighted by atomic mass is 10.0. The van der Waals surface area contributed by atoms with Crippen molar-refractivity contribution >= 4 is 23.2 Å². The average molecular weight is 277 g/mol. The van der Waals surface area contributed by atoms with E-state index in [-0.39, 0.29) is 12.2 Å². The molecule has 1 aromatic carbocycles. The van der Waals surface area contributed by atoms with Crippen molar-refractivity contribution in [2.75, 3.05) is 6.61 Å². The van der Waals surface area contributed by atoms with Crippen LogP contribution in [0.2, 0.25) is 0 Å². The Morgan fingerprint density at radius 1 is 1.30 bits per heavy atom. The maximum atomic E-state index is 11.8. The van der Waals surface area contributed by atoms with Gasteiger partial charge in [-0.3, -0.25) is 19.7 Å². The molecular weight excluding hydrogens is 266 g/mol. The Morgan fingerprint density at radius 3 is 2.55 bits per heavy atom. The summed E-state index contributed by atoms with van der Waals surface area (Å²) in [6, 6.07) is 5.20. The lowest BCUT2D eigenvalue weighted by Gasteiger charge is -2.02. The predicted molar refractivity (Wildman–Crippen MR) is 68.2 cm³/mol. The molecule has 1 rings (SSSR count). The van der Waals surface area contributed by atoms with E-state index < -0.39 is 34.6 Å². The van der Waals surface area contributed by atoms with Gasteiger partial charge in [0.1, 0.15) is 6.61 Å². The van der Waals surface area contributed by atoms with Crippen LogP contribution >= 0.6 is 0 Å². The molecule has 0 aromatic heterocycles. The summed E-state index contributed by atoms with van der Waals surface area (Å²) < 4.78 is 4.47. The summed E-state index contributed by atoms with van der Waals surface area (Å²) in [5.74, 6) is -3.04. The molecule has 0 unspecified atom stereocenters. The monoisotopic (exact) mass is 277 g/mol. The SMILES string of the molecule is C=CCOC(=O)C(=O)CC(=O)c1ccccc1[N+](=O)[O-]. The van der Waals surface area contributed by atoms with Gasteiger partial charge >= 0.3 is 5.97 Å². The van der Waals surface area contributed by atoms with E-state index in [4.69, 9.17) is 0 Å². The first kappa shape index (κ1) is 15.2. The normalized spacial score (nSPS) is 9.60. The van der Waals surface area contributed by atoms with Gasteiger partial charge in [-0.25, -0.2) is 4.79 Å². The number of carbonyl (C=O) groups excluding carboxylic acids is 3. The fourth-order valence-electron chi connectivity index (χ4n) is 1.40. The van der Waals surface area contributed by atoms with E-state index in [0.717, 1.165) is 6.07 Å². The molecule has 0 saturated heterocycles. The van der Waals surface area contributed by atoms with Crippen LogP contribution in [0.5, 0.6) is 0 Å². The highest BCUT2D eigenvalue weighted by Crippen LogP contribution is 2.19. The summed E-state index contributed by atoms with van der Waals surface area (Å²) in [6.07, 6.45) is 0.496. The van der Waals surface area contributed by atoms with E-state index in [0.29, 0.717) is 0 Å². The predicted octanol–water partition coefficient (Wildman–Crippen LogP) is 1.47. The molecule has 7 heteroatoms. The van der Waals surface area contributed by atoms with Crippen LogP contribution in [0.1, 0.15) is 16.8 Å². The minimum absolute atomic E-state index is 0.149. The molecule has 0 saturated carbocycles. The Balaban J connectivity index is 2.82. The molecule has 0 atom stereocenters. The van der Waals surface area contributed by atoms with Gasteiger partial charge in [0.15, 0.2) is 5.78 Å². The van der Waals surface area contributed by atoms with Crippen molar-refractivity contribution in [3.8, 4) is 0 Å². The number of ether oxygens (including phenoxy) is 1. The van der Waals surface area contributed by atoms with Crippen molar-refractivity contribution in [2.24, 2.45) is 0 Å². The number of para-hydroxylation sites is 1. The van der Waals surface area contributed by atoms with E-state index in [1.54, 1.807) is 0 Å². The minimum atomic E-state index is -1.17. The molecule has 104 valence electrons. The van der Waals surface area contributed by atoms with Crippen LogP contribution < -0.4 is 0 Å². The molecule has 0 spiro atoms. The van der Waals surface area contributed by atoms with Crippen LogP contribution in [-0.4, -0.2) is 29.1 Å². The number of nitrogens with zero attached hydrogens (tertiary/aromatic N) is 1. The maximum Gasteiger partial charge on any atom is 0.375 e. The van der Waals surface area contributed by atoms with Gasteiger partial charge in [0.2, 0.25) is 5.78 Å². The number of esters is 1. The molecule has 0 bridgehead atoms. The zero-order chi connectivity index (χ0) is 15.1.